The SMILES string of the molecule is CC/C=C1\C=CC(CC)=C1. The van der Waals surface area contributed by atoms with Crippen molar-refractivity contribution in [3.63, 3.8) is 0 Å². The molecule has 1 aliphatic carbocycles. The molecule has 0 aromatic carbocycles. The third-order valence-corrected chi connectivity index (χ3v) is 1.69. The summed E-state index contributed by atoms with van der Waals surface area (Å²) in [6.45, 7) is 4.35. The highest BCUT2D eigenvalue weighted by Crippen LogP contribution is 2.17. The van der Waals surface area contributed by atoms with Crippen molar-refractivity contribution in [3.8, 4) is 0 Å². The zero-order valence-electron chi connectivity index (χ0n) is 6.72. The smallest absolute Gasteiger partial charge is 0.0294 e. The minimum Gasteiger partial charge on any atom is -0.0775 e. The maximum atomic E-state index is 2.25. The summed E-state index contributed by atoms with van der Waals surface area (Å²) >= 11 is 0. The Morgan fingerprint density at radius 2 is 2.10 bits per heavy atom. The molecule has 0 heterocycles. The van der Waals surface area contributed by atoms with Gasteiger partial charge in [-0.05, 0) is 24.0 Å². The molecule has 54 valence electrons. The van der Waals surface area contributed by atoms with E-state index in [-0.39, 0.29) is 0 Å². The van der Waals surface area contributed by atoms with Gasteiger partial charge in [-0.15, -0.1) is 0 Å². The van der Waals surface area contributed by atoms with Crippen molar-refractivity contribution in [2.75, 3.05) is 0 Å². The van der Waals surface area contributed by atoms with Crippen molar-refractivity contribution in [1.82, 2.24) is 0 Å². The first-order valence-corrected chi connectivity index (χ1v) is 3.95. The van der Waals surface area contributed by atoms with Gasteiger partial charge in [-0.2, -0.15) is 0 Å². The molecule has 0 unspecified atom stereocenters. The number of hydrogen-bond donors (Lipinski definition) is 0. The van der Waals surface area contributed by atoms with Crippen LogP contribution in [0.2, 0.25) is 0 Å². The van der Waals surface area contributed by atoms with Gasteiger partial charge in [0.1, 0.15) is 0 Å². The molecule has 0 aromatic rings. The fourth-order valence-electron chi connectivity index (χ4n) is 1.10. The van der Waals surface area contributed by atoms with Crippen molar-refractivity contribution in [1.29, 1.82) is 0 Å². The van der Waals surface area contributed by atoms with Gasteiger partial charge in [0.05, 0.1) is 0 Å². The summed E-state index contributed by atoms with van der Waals surface area (Å²) in [7, 11) is 0. The summed E-state index contributed by atoms with van der Waals surface area (Å²) in [5, 5.41) is 0. The lowest BCUT2D eigenvalue weighted by Gasteiger charge is -1.87. The predicted molar refractivity (Wildman–Crippen MR) is 45.9 cm³/mol. The summed E-state index contributed by atoms with van der Waals surface area (Å²) in [6.07, 6.45) is 11.2. The van der Waals surface area contributed by atoms with E-state index in [0.717, 1.165) is 12.8 Å². The molecule has 10 heavy (non-hydrogen) atoms. The number of allylic oxidation sites excluding steroid dienone is 6. The first kappa shape index (κ1) is 7.33. The molecule has 0 amide bonds. The van der Waals surface area contributed by atoms with Crippen LogP contribution in [0.3, 0.4) is 0 Å². The maximum Gasteiger partial charge on any atom is -0.0294 e. The van der Waals surface area contributed by atoms with Gasteiger partial charge in [0.15, 0.2) is 0 Å². The lowest BCUT2D eigenvalue weighted by atomic mass is 10.2. The summed E-state index contributed by atoms with van der Waals surface area (Å²) in [5.74, 6) is 0. The molecule has 1 aliphatic rings. The maximum absolute atomic E-state index is 2.25. The van der Waals surface area contributed by atoms with Gasteiger partial charge in [-0.1, -0.05) is 38.2 Å². The second kappa shape index (κ2) is 3.40. The molecule has 0 aromatic heterocycles. The van der Waals surface area contributed by atoms with E-state index >= 15 is 0 Å². The lowest BCUT2D eigenvalue weighted by molar-refractivity contribution is 1.16. The predicted octanol–water partition coefficient (Wildman–Crippen LogP) is 3.23. The highest BCUT2D eigenvalue weighted by atomic mass is 14.0. The van der Waals surface area contributed by atoms with Crippen LogP contribution in [-0.2, 0) is 0 Å². The first-order chi connectivity index (χ1) is 4.86. The van der Waals surface area contributed by atoms with E-state index in [9.17, 15) is 0 Å². The Morgan fingerprint density at radius 3 is 2.60 bits per heavy atom. The van der Waals surface area contributed by atoms with Crippen molar-refractivity contribution in [2.45, 2.75) is 26.7 Å². The van der Waals surface area contributed by atoms with E-state index < -0.39 is 0 Å². The Hall–Kier alpha value is -0.780. The van der Waals surface area contributed by atoms with Crippen LogP contribution >= 0.6 is 0 Å². The van der Waals surface area contributed by atoms with E-state index in [4.69, 9.17) is 0 Å². The Labute approximate surface area is 62.9 Å². The van der Waals surface area contributed by atoms with Crippen LogP contribution in [0.5, 0.6) is 0 Å². The van der Waals surface area contributed by atoms with E-state index in [1.807, 2.05) is 0 Å². The topological polar surface area (TPSA) is 0 Å². The molecule has 0 aliphatic heterocycles. The number of hydrogen-bond acceptors (Lipinski definition) is 0. The van der Waals surface area contributed by atoms with Crippen LogP contribution in [0.25, 0.3) is 0 Å². The number of rotatable bonds is 2. The van der Waals surface area contributed by atoms with Gasteiger partial charge < -0.3 is 0 Å². The van der Waals surface area contributed by atoms with Crippen molar-refractivity contribution in [2.24, 2.45) is 0 Å². The third-order valence-electron chi connectivity index (χ3n) is 1.69. The fourth-order valence-corrected chi connectivity index (χ4v) is 1.10. The van der Waals surface area contributed by atoms with E-state index in [1.165, 1.54) is 11.1 Å². The van der Waals surface area contributed by atoms with Crippen molar-refractivity contribution in [3.05, 3.63) is 35.5 Å². The monoisotopic (exact) mass is 134 g/mol. The van der Waals surface area contributed by atoms with Gasteiger partial charge in [-0.3, -0.25) is 0 Å². The van der Waals surface area contributed by atoms with Crippen LogP contribution in [0, 0.1) is 0 Å². The molecule has 0 atom stereocenters. The lowest BCUT2D eigenvalue weighted by Crippen LogP contribution is -1.67. The van der Waals surface area contributed by atoms with E-state index in [2.05, 4.69) is 38.2 Å². The first-order valence-electron chi connectivity index (χ1n) is 3.95. The normalized spacial score (nSPS) is 20.2. The second-order valence-electron chi connectivity index (χ2n) is 2.52. The van der Waals surface area contributed by atoms with Crippen LogP contribution in [-0.4, -0.2) is 0 Å². The standard InChI is InChI=1S/C10H14/c1-3-5-10-7-6-9(4-2)8-10/h5-8H,3-4H2,1-2H3/b10-5+. The molecule has 0 bridgehead atoms. The molecule has 0 fully saturated rings. The second-order valence-corrected chi connectivity index (χ2v) is 2.52. The van der Waals surface area contributed by atoms with E-state index in [0.29, 0.717) is 0 Å². The van der Waals surface area contributed by atoms with Crippen molar-refractivity contribution >= 4 is 0 Å². The zero-order chi connectivity index (χ0) is 7.40. The Morgan fingerprint density at radius 1 is 1.30 bits per heavy atom. The molecule has 1 rings (SSSR count). The van der Waals surface area contributed by atoms with Gasteiger partial charge in [-0.25, -0.2) is 0 Å². The molecule has 0 heteroatoms. The molecular formula is C10H14. The Kier molecular flexibility index (Phi) is 2.49. The highest BCUT2D eigenvalue weighted by molar-refractivity contribution is 5.45. The summed E-state index contributed by atoms with van der Waals surface area (Å²) in [4.78, 5) is 0. The molecule has 0 spiro atoms. The van der Waals surface area contributed by atoms with Crippen molar-refractivity contribution < 1.29 is 0 Å². The van der Waals surface area contributed by atoms with Gasteiger partial charge in [0.25, 0.3) is 0 Å². The molecule has 0 nitrogen and oxygen atoms in total. The van der Waals surface area contributed by atoms with Crippen LogP contribution in [0.4, 0.5) is 0 Å². The summed E-state index contributed by atoms with van der Waals surface area (Å²) in [6, 6.07) is 0. The Bertz CT molecular complexity index is 192. The highest BCUT2D eigenvalue weighted by Gasteiger charge is 1.97. The van der Waals surface area contributed by atoms with E-state index in [1.54, 1.807) is 0 Å². The van der Waals surface area contributed by atoms with Gasteiger partial charge >= 0.3 is 0 Å². The fraction of sp³-hybridized carbons (Fsp3) is 0.400. The van der Waals surface area contributed by atoms with Crippen LogP contribution in [0.15, 0.2) is 35.5 Å². The molecular weight excluding hydrogens is 120 g/mol. The zero-order valence-corrected chi connectivity index (χ0v) is 6.72. The van der Waals surface area contributed by atoms with Crippen LogP contribution in [0.1, 0.15) is 26.7 Å². The quantitative estimate of drug-likeness (QED) is 0.544. The Balaban J connectivity index is 2.65. The average Bonchev–Trinajstić information content (AvgIpc) is 2.37. The third kappa shape index (κ3) is 1.60. The van der Waals surface area contributed by atoms with Gasteiger partial charge in [0.2, 0.25) is 0 Å². The molecule has 0 saturated heterocycles. The minimum absolute atomic E-state index is 1.13. The minimum atomic E-state index is 1.13. The van der Waals surface area contributed by atoms with Crippen LogP contribution < -0.4 is 0 Å². The largest absolute Gasteiger partial charge is 0.0775 e. The summed E-state index contributed by atoms with van der Waals surface area (Å²) < 4.78 is 0. The average molecular weight is 134 g/mol. The summed E-state index contributed by atoms with van der Waals surface area (Å²) in [5.41, 5.74) is 2.82. The van der Waals surface area contributed by atoms with Gasteiger partial charge in [0, 0.05) is 0 Å². The molecule has 0 saturated carbocycles. The molecule has 0 radical (unpaired) electrons. The molecule has 0 N–H and O–H groups in total.